The molecule has 0 aromatic heterocycles. The third kappa shape index (κ3) is 5.79. The van der Waals surface area contributed by atoms with Gasteiger partial charge in [0.1, 0.15) is 0 Å². The van der Waals surface area contributed by atoms with E-state index in [-0.39, 0.29) is 11.5 Å². The third-order valence-electron chi connectivity index (χ3n) is 3.02. The molecule has 1 aromatic carbocycles. The van der Waals surface area contributed by atoms with Gasteiger partial charge in [0.15, 0.2) is 11.5 Å². The van der Waals surface area contributed by atoms with Crippen LogP contribution in [0.25, 0.3) is 0 Å². The molecule has 3 nitrogen and oxygen atoms in total. The lowest BCUT2D eigenvalue weighted by Gasteiger charge is -2.05. The Hall–Kier alpha value is -1.95. The van der Waals surface area contributed by atoms with Gasteiger partial charge in [-0.2, -0.15) is 0 Å². The molecule has 1 rings (SSSR count). The van der Waals surface area contributed by atoms with Gasteiger partial charge in [-0.1, -0.05) is 31.8 Å². The first-order valence-electron chi connectivity index (χ1n) is 7.05. The molecule has 0 radical (unpaired) electrons. The van der Waals surface area contributed by atoms with Gasteiger partial charge in [0.2, 0.25) is 5.78 Å². The van der Waals surface area contributed by atoms with Crippen molar-refractivity contribution in [2.45, 2.75) is 45.4 Å². The zero-order valence-electron chi connectivity index (χ0n) is 12.2. The Morgan fingerprint density at radius 3 is 2.85 bits per heavy atom. The predicted molar refractivity (Wildman–Crippen MR) is 79.9 cm³/mol. The fraction of sp³-hybridized carbons (Fsp3) is 0.471. The molecule has 1 aromatic rings. The van der Waals surface area contributed by atoms with E-state index in [0.29, 0.717) is 18.6 Å². The van der Waals surface area contributed by atoms with Crippen molar-refractivity contribution < 1.29 is 14.6 Å². The minimum atomic E-state index is -0.0338. The van der Waals surface area contributed by atoms with E-state index in [0.717, 1.165) is 31.2 Å². The summed E-state index contributed by atoms with van der Waals surface area (Å²) >= 11 is 0. The summed E-state index contributed by atoms with van der Waals surface area (Å²) in [5.74, 6) is 6.11. The fourth-order valence-corrected chi connectivity index (χ4v) is 1.82. The van der Waals surface area contributed by atoms with Crippen molar-refractivity contribution in [3.63, 3.8) is 0 Å². The minimum Gasteiger partial charge on any atom is -0.504 e. The van der Waals surface area contributed by atoms with Crippen LogP contribution in [0.4, 0.5) is 0 Å². The lowest BCUT2D eigenvalue weighted by molar-refractivity contribution is -0.113. The van der Waals surface area contributed by atoms with Gasteiger partial charge in [-0.15, -0.1) is 0 Å². The lowest BCUT2D eigenvalue weighted by Crippen LogP contribution is -1.97. The molecule has 3 heteroatoms. The number of unbranched alkanes of at least 4 members (excludes halogenated alkanes) is 3. The Balaban J connectivity index is 2.41. The Bertz CT molecular complexity index is 495. The summed E-state index contributed by atoms with van der Waals surface area (Å²) in [6, 6.07) is 5.12. The van der Waals surface area contributed by atoms with Gasteiger partial charge < -0.3 is 9.84 Å². The summed E-state index contributed by atoms with van der Waals surface area (Å²) < 4.78 is 5.03. The highest BCUT2D eigenvalue weighted by atomic mass is 16.5. The second-order valence-electron chi connectivity index (χ2n) is 4.69. The second-order valence-corrected chi connectivity index (χ2v) is 4.69. The Morgan fingerprint density at radius 2 is 2.15 bits per heavy atom. The largest absolute Gasteiger partial charge is 0.504 e. The van der Waals surface area contributed by atoms with Crippen LogP contribution in [0.2, 0.25) is 0 Å². The number of carbonyl (C=O) groups excluding carboxylic acids is 1. The molecule has 0 spiro atoms. The Labute approximate surface area is 121 Å². The molecule has 0 aliphatic carbocycles. The average Bonchev–Trinajstić information content (AvgIpc) is 2.46. The maximum atomic E-state index is 11.6. The Kier molecular flexibility index (Phi) is 7.27. The highest BCUT2D eigenvalue weighted by Gasteiger charge is 2.04. The van der Waals surface area contributed by atoms with E-state index in [4.69, 9.17) is 4.74 Å². The molecule has 0 saturated heterocycles. The predicted octanol–water partition coefficient (Wildman–Crippen LogP) is 3.49. The monoisotopic (exact) mass is 274 g/mol. The number of methoxy groups -OCH3 is 1. The van der Waals surface area contributed by atoms with Crippen LogP contribution in [0.3, 0.4) is 0 Å². The highest BCUT2D eigenvalue weighted by molar-refractivity contribution is 5.95. The molecule has 0 aliphatic rings. The van der Waals surface area contributed by atoms with Crippen LogP contribution in [0.15, 0.2) is 18.2 Å². The normalized spacial score (nSPS) is 9.70. The molecule has 0 heterocycles. The van der Waals surface area contributed by atoms with Gasteiger partial charge in [-0.25, -0.2) is 0 Å². The summed E-state index contributed by atoms with van der Waals surface area (Å²) in [6.45, 7) is 2.14. The van der Waals surface area contributed by atoms with E-state index in [1.165, 1.54) is 7.11 Å². The number of aromatic hydroxyl groups is 1. The van der Waals surface area contributed by atoms with Crippen LogP contribution < -0.4 is 4.74 Å². The number of Topliss-reactive ketones (excluding diaryl/α,β-unsaturated/α-hetero) is 1. The van der Waals surface area contributed by atoms with Crippen LogP contribution in [0.5, 0.6) is 11.5 Å². The first-order chi connectivity index (χ1) is 9.67. The van der Waals surface area contributed by atoms with Crippen LogP contribution >= 0.6 is 0 Å². The number of hydrogen-bond donors (Lipinski definition) is 1. The fourth-order valence-electron chi connectivity index (χ4n) is 1.82. The molecule has 0 fully saturated rings. The van der Waals surface area contributed by atoms with E-state index >= 15 is 0 Å². The number of benzene rings is 1. The van der Waals surface area contributed by atoms with Crippen molar-refractivity contribution in [2.24, 2.45) is 0 Å². The topological polar surface area (TPSA) is 46.5 Å². The number of rotatable bonds is 7. The van der Waals surface area contributed by atoms with Crippen LogP contribution in [0, 0.1) is 11.8 Å². The zero-order chi connectivity index (χ0) is 14.8. The smallest absolute Gasteiger partial charge is 0.205 e. The van der Waals surface area contributed by atoms with E-state index in [2.05, 4.69) is 18.8 Å². The van der Waals surface area contributed by atoms with Crippen molar-refractivity contribution in [2.75, 3.05) is 7.11 Å². The molecule has 0 saturated carbocycles. The van der Waals surface area contributed by atoms with Crippen LogP contribution in [-0.2, 0) is 11.2 Å². The van der Waals surface area contributed by atoms with Gasteiger partial charge in [-0.3, -0.25) is 4.79 Å². The van der Waals surface area contributed by atoms with E-state index < -0.39 is 0 Å². The van der Waals surface area contributed by atoms with Crippen LogP contribution in [0.1, 0.15) is 44.6 Å². The number of hydrogen-bond acceptors (Lipinski definition) is 3. The summed E-state index contributed by atoms with van der Waals surface area (Å²) in [5.41, 5.74) is 0.959. The first kappa shape index (κ1) is 16.1. The van der Waals surface area contributed by atoms with Crippen molar-refractivity contribution >= 4 is 5.78 Å². The standard InChI is InChI=1S/C17H22O3/c1-3-4-5-6-7-8-15(18)11-9-14-10-12-16(19)17(13-14)20-2/h10,12-13,19H,3-6,9,11H2,1-2H3. The van der Waals surface area contributed by atoms with Gasteiger partial charge in [0.25, 0.3) is 0 Å². The number of carbonyl (C=O) groups is 1. The van der Waals surface area contributed by atoms with Crippen molar-refractivity contribution in [1.29, 1.82) is 0 Å². The molecule has 0 unspecified atom stereocenters. The first-order valence-corrected chi connectivity index (χ1v) is 7.05. The minimum absolute atomic E-state index is 0.0338. The second kappa shape index (κ2) is 9.03. The summed E-state index contributed by atoms with van der Waals surface area (Å²) in [7, 11) is 1.51. The van der Waals surface area contributed by atoms with E-state index in [1.54, 1.807) is 18.2 Å². The summed E-state index contributed by atoms with van der Waals surface area (Å²) in [6.07, 6.45) is 5.20. The quantitative estimate of drug-likeness (QED) is 0.470. The number of phenols is 1. The molecule has 0 aliphatic heterocycles. The maximum absolute atomic E-state index is 11.6. The molecule has 0 amide bonds. The maximum Gasteiger partial charge on any atom is 0.205 e. The molecular formula is C17H22O3. The number of ketones is 1. The molecule has 20 heavy (non-hydrogen) atoms. The molecule has 1 N–H and O–H groups in total. The third-order valence-corrected chi connectivity index (χ3v) is 3.02. The average molecular weight is 274 g/mol. The summed E-state index contributed by atoms with van der Waals surface area (Å²) in [4.78, 5) is 11.6. The number of aryl methyl sites for hydroxylation is 1. The summed E-state index contributed by atoms with van der Waals surface area (Å²) in [5, 5.41) is 9.49. The molecule has 108 valence electrons. The van der Waals surface area contributed by atoms with Crippen molar-refractivity contribution in [1.82, 2.24) is 0 Å². The molecule has 0 atom stereocenters. The van der Waals surface area contributed by atoms with Crippen molar-refractivity contribution in [3.8, 4) is 23.3 Å². The van der Waals surface area contributed by atoms with Crippen molar-refractivity contribution in [3.05, 3.63) is 23.8 Å². The van der Waals surface area contributed by atoms with Crippen LogP contribution in [-0.4, -0.2) is 18.0 Å². The van der Waals surface area contributed by atoms with E-state index in [9.17, 15) is 9.90 Å². The molecule has 0 bridgehead atoms. The Morgan fingerprint density at radius 1 is 1.35 bits per heavy atom. The lowest BCUT2D eigenvalue weighted by atomic mass is 10.1. The number of phenolic OH excluding ortho intramolecular Hbond substituents is 1. The van der Waals surface area contributed by atoms with E-state index in [1.807, 2.05) is 0 Å². The SMILES string of the molecule is CCCCCC#CC(=O)CCc1ccc(O)c(OC)c1. The number of ether oxygens (including phenoxy) is 1. The van der Waals surface area contributed by atoms with Gasteiger partial charge in [-0.05, 0) is 36.5 Å². The van der Waals surface area contributed by atoms with Gasteiger partial charge >= 0.3 is 0 Å². The van der Waals surface area contributed by atoms with Gasteiger partial charge in [0, 0.05) is 12.8 Å². The highest BCUT2D eigenvalue weighted by Crippen LogP contribution is 2.26. The molecular weight excluding hydrogens is 252 g/mol. The van der Waals surface area contributed by atoms with Gasteiger partial charge in [0.05, 0.1) is 7.11 Å². The zero-order valence-corrected chi connectivity index (χ0v) is 12.2.